The standard InChI is InChI=1S/C11H11BrClN3/c1-7-11(12)8(2)16(15-7)6-9-3-4-14-10(13)5-9/h3-5H,6H2,1-2H3. The smallest absolute Gasteiger partial charge is 0.129 e. The van der Waals surface area contributed by atoms with Gasteiger partial charge in [-0.15, -0.1) is 0 Å². The highest BCUT2D eigenvalue weighted by Gasteiger charge is 2.08. The number of aromatic nitrogens is 3. The number of nitrogens with zero attached hydrogens (tertiary/aromatic N) is 3. The van der Waals surface area contributed by atoms with Gasteiger partial charge in [-0.3, -0.25) is 4.68 Å². The van der Waals surface area contributed by atoms with Gasteiger partial charge in [0, 0.05) is 6.20 Å². The molecular weight excluding hydrogens is 289 g/mol. The molecule has 0 aliphatic heterocycles. The van der Waals surface area contributed by atoms with Crippen LogP contribution in [-0.4, -0.2) is 14.8 Å². The average Bonchev–Trinajstić information content (AvgIpc) is 2.47. The van der Waals surface area contributed by atoms with Crippen molar-refractivity contribution in [1.82, 2.24) is 14.8 Å². The van der Waals surface area contributed by atoms with Crippen LogP contribution >= 0.6 is 27.5 Å². The third-order valence-electron chi connectivity index (χ3n) is 2.42. The molecule has 2 aromatic heterocycles. The van der Waals surface area contributed by atoms with Crippen LogP contribution in [0.25, 0.3) is 0 Å². The molecule has 0 aliphatic rings. The number of halogens is 2. The average molecular weight is 301 g/mol. The fraction of sp³-hybridized carbons (Fsp3) is 0.273. The monoisotopic (exact) mass is 299 g/mol. The van der Waals surface area contributed by atoms with Crippen LogP contribution in [0.15, 0.2) is 22.8 Å². The Morgan fingerprint density at radius 1 is 1.44 bits per heavy atom. The molecule has 0 atom stereocenters. The molecule has 0 fully saturated rings. The summed E-state index contributed by atoms with van der Waals surface area (Å²) >= 11 is 9.34. The summed E-state index contributed by atoms with van der Waals surface area (Å²) in [6.07, 6.45) is 1.71. The van der Waals surface area contributed by atoms with Gasteiger partial charge >= 0.3 is 0 Å². The minimum atomic E-state index is 0.512. The van der Waals surface area contributed by atoms with E-state index in [2.05, 4.69) is 26.0 Å². The third-order valence-corrected chi connectivity index (χ3v) is 3.77. The maximum atomic E-state index is 5.84. The molecule has 0 bridgehead atoms. The first-order chi connectivity index (χ1) is 7.58. The van der Waals surface area contributed by atoms with Gasteiger partial charge < -0.3 is 0 Å². The minimum Gasteiger partial charge on any atom is -0.264 e. The molecular formula is C11H11BrClN3. The Morgan fingerprint density at radius 2 is 2.19 bits per heavy atom. The fourth-order valence-corrected chi connectivity index (χ4v) is 2.02. The molecule has 84 valence electrons. The summed E-state index contributed by atoms with van der Waals surface area (Å²) in [6, 6.07) is 3.79. The first kappa shape index (κ1) is 11.6. The van der Waals surface area contributed by atoms with E-state index in [-0.39, 0.29) is 0 Å². The highest BCUT2D eigenvalue weighted by molar-refractivity contribution is 9.10. The van der Waals surface area contributed by atoms with Crippen molar-refractivity contribution >= 4 is 27.5 Å². The van der Waals surface area contributed by atoms with Crippen LogP contribution < -0.4 is 0 Å². The highest BCUT2D eigenvalue weighted by Crippen LogP contribution is 2.20. The molecule has 0 saturated heterocycles. The fourth-order valence-electron chi connectivity index (χ4n) is 1.54. The number of hydrogen-bond acceptors (Lipinski definition) is 2. The van der Waals surface area contributed by atoms with Crippen LogP contribution in [0.5, 0.6) is 0 Å². The van der Waals surface area contributed by atoms with Crippen molar-refractivity contribution in [1.29, 1.82) is 0 Å². The van der Waals surface area contributed by atoms with Crippen molar-refractivity contribution in [2.75, 3.05) is 0 Å². The molecule has 5 heteroatoms. The predicted molar refractivity (Wildman–Crippen MR) is 67.8 cm³/mol. The maximum absolute atomic E-state index is 5.84. The lowest BCUT2D eigenvalue weighted by Crippen LogP contribution is -2.04. The van der Waals surface area contributed by atoms with Crippen molar-refractivity contribution < 1.29 is 0 Å². The quantitative estimate of drug-likeness (QED) is 0.796. The lowest BCUT2D eigenvalue weighted by molar-refractivity contribution is 0.658. The van der Waals surface area contributed by atoms with E-state index in [1.165, 1.54) is 0 Å². The summed E-state index contributed by atoms with van der Waals surface area (Å²) in [7, 11) is 0. The number of hydrogen-bond donors (Lipinski definition) is 0. The van der Waals surface area contributed by atoms with Gasteiger partial charge in [-0.2, -0.15) is 5.10 Å². The van der Waals surface area contributed by atoms with Gasteiger partial charge in [0.2, 0.25) is 0 Å². The summed E-state index contributed by atoms with van der Waals surface area (Å²) < 4.78 is 3.01. The van der Waals surface area contributed by atoms with Crippen LogP contribution in [0, 0.1) is 13.8 Å². The van der Waals surface area contributed by atoms with Crippen LogP contribution in [0.2, 0.25) is 5.15 Å². The summed E-state index contributed by atoms with van der Waals surface area (Å²) in [4.78, 5) is 3.95. The molecule has 0 saturated carbocycles. The zero-order chi connectivity index (χ0) is 11.7. The van der Waals surface area contributed by atoms with Crippen molar-refractivity contribution in [3.8, 4) is 0 Å². The predicted octanol–water partition coefficient (Wildman–Crippen LogP) is 3.36. The van der Waals surface area contributed by atoms with Crippen molar-refractivity contribution in [2.45, 2.75) is 20.4 Å². The summed E-state index contributed by atoms with van der Waals surface area (Å²) in [5.74, 6) is 0. The minimum absolute atomic E-state index is 0.512. The van der Waals surface area contributed by atoms with Gasteiger partial charge in [0.05, 0.1) is 22.4 Å². The molecule has 0 radical (unpaired) electrons. The number of pyridine rings is 1. The molecule has 0 N–H and O–H groups in total. The van der Waals surface area contributed by atoms with E-state index < -0.39 is 0 Å². The van der Waals surface area contributed by atoms with Gasteiger partial charge in [0.1, 0.15) is 5.15 Å². The van der Waals surface area contributed by atoms with Crippen LogP contribution in [-0.2, 0) is 6.54 Å². The number of aryl methyl sites for hydroxylation is 1. The zero-order valence-corrected chi connectivity index (χ0v) is 11.4. The molecule has 0 aliphatic carbocycles. The SMILES string of the molecule is Cc1nn(Cc2ccnc(Cl)c2)c(C)c1Br. The molecule has 0 unspecified atom stereocenters. The van der Waals surface area contributed by atoms with E-state index in [1.807, 2.05) is 30.7 Å². The van der Waals surface area contributed by atoms with Gasteiger partial charge in [0.15, 0.2) is 0 Å². The normalized spacial score (nSPS) is 10.8. The third kappa shape index (κ3) is 2.28. The first-order valence-corrected chi connectivity index (χ1v) is 6.05. The Hall–Kier alpha value is -0.870. The maximum Gasteiger partial charge on any atom is 0.129 e. The van der Waals surface area contributed by atoms with Crippen molar-refractivity contribution in [3.63, 3.8) is 0 Å². The van der Waals surface area contributed by atoms with Gasteiger partial charge in [0.25, 0.3) is 0 Å². The van der Waals surface area contributed by atoms with Gasteiger partial charge in [-0.25, -0.2) is 4.98 Å². The molecule has 16 heavy (non-hydrogen) atoms. The van der Waals surface area contributed by atoms with Crippen LogP contribution in [0.3, 0.4) is 0 Å². The van der Waals surface area contributed by atoms with Crippen molar-refractivity contribution in [2.24, 2.45) is 0 Å². The Bertz CT molecular complexity index is 522. The summed E-state index contributed by atoms with van der Waals surface area (Å²) in [6.45, 7) is 4.72. The second-order valence-electron chi connectivity index (χ2n) is 3.63. The Kier molecular flexibility index (Phi) is 3.30. The van der Waals surface area contributed by atoms with E-state index in [0.29, 0.717) is 11.7 Å². The van der Waals surface area contributed by atoms with Gasteiger partial charge in [-0.1, -0.05) is 11.6 Å². The van der Waals surface area contributed by atoms with E-state index >= 15 is 0 Å². The van der Waals surface area contributed by atoms with Gasteiger partial charge in [-0.05, 0) is 47.5 Å². The van der Waals surface area contributed by atoms with E-state index in [0.717, 1.165) is 21.4 Å². The molecule has 2 aromatic rings. The van der Waals surface area contributed by atoms with E-state index in [4.69, 9.17) is 11.6 Å². The Morgan fingerprint density at radius 3 is 2.75 bits per heavy atom. The Labute approximate surface area is 108 Å². The highest BCUT2D eigenvalue weighted by atomic mass is 79.9. The lowest BCUT2D eigenvalue weighted by Gasteiger charge is -2.04. The molecule has 3 nitrogen and oxygen atoms in total. The van der Waals surface area contributed by atoms with E-state index in [1.54, 1.807) is 6.20 Å². The second kappa shape index (κ2) is 4.55. The topological polar surface area (TPSA) is 30.7 Å². The zero-order valence-electron chi connectivity index (χ0n) is 9.04. The Balaban J connectivity index is 2.30. The second-order valence-corrected chi connectivity index (χ2v) is 4.81. The van der Waals surface area contributed by atoms with E-state index in [9.17, 15) is 0 Å². The molecule has 0 aromatic carbocycles. The van der Waals surface area contributed by atoms with Crippen LogP contribution in [0.1, 0.15) is 17.0 Å². The molecule has 0 amide bonds. The first-order valence-electron chi connectivity index (χ1n) is 4.88. The molecule has 0 spiro atoms. The number of rotatable bonds is 2. The lowest BCUT2D eigenvalue weighted by atomic mass is 10.3. The summed E-state index contributed by atoms with van der Waals surface area (Å²) in [5.41, 5.74) is 3.21. The molecule has 2 heterocycles. The van der Waals surface area contributed by atoms with Crippen molar-refractivity contribution in [3.05, 3.63) is 44.9 Å². The van der Waals surface area contributed by atoms with Crippen LogP contribution in [0.4, 0.5) is 0 Å². The summed E-state index contributed by atoms with van der Waals surface area (Å²) in [5, 5.41) is 4.95. The largest absolute Gasteiger partial charge is 0.264 e. The molecule has 2 rings (SSSR count).